The Morgan fingerprint density at radius 1 is 1.19 bits per heavy atom. The van der Waals surface area contributed by atoms with Crippen molar-refractivity contribution in [2.45, 2.75) is 12.5 Å². The Hall–Kier alpha value is -2.73. The topological polar surface area (TPSA) is 71.3 Å². The summed E-state index contributed by atoms with van der Waals surface area (Å²) in [6.45, 7) is 0.536. The van der Waals surface area contributed by atoms with Crippen molar-refractivity contribution in [3.63, 3.8) is 0 Å². The minimum atomic E-state index is -0.661. The second kappa shape index (κ2) is 8.10. The summed E-state index contributed by atoms with van der Waals surface area (Å²) in [7, 11) is 0. The average Bonchev–Trinajstić information content (AvgIpc) is 2.66. The summed E-state index contributed by atoms with van der Waals surface area (Å²) in [5.74, 6) is -0.608. The van der Waals surface area contributed by atoms with Gasteiger partial charge in [0.05, 0.1) is 0 Å². The number of carbonyl (C=O) groups is 1. The molecule has 1 aliphatic carbocycles. The zero-order valence-electron chi connectivity index (χ0n) is 14.3. The van der Waals surface area contributed by atoms with Crippen molar-refractivity contribution < 1.29 is 9.90 Å². The number of rotatable bonds is 5. The molecule has 2 N–H and O–H groups in total. The van der Waals surface area contributed by atoms with Gasteiger partial charge in [-0.3, -0.25) is 14.3 Å². The lowest BCUT2D eigenvalue weighted by atomic mass is 9.83. The molecule has 1 aromatic heterocycles. The number of aromatic hydroxyl groups is 1. The predicted molar refractivity (Wildman–Crippen MR) is 104 cm³/mol. The van der Waals surface area contributed by atoms with E-state index in [1.54, 1.807) is 10.8 Å². The summed E-state index contributed by atoms with van der Waals surface area (Å²) >= 11 is 1.11. The third-order valence-electron chi connectivity index (χ3n) is 4.35. The number of benzene rings is 1. The second-order valence-corrected chi connectivity index (χ2v) is 6.70. The average molecular weight is 368 g/mol. The summed E-state index contributed by atoms with van der Waals surface area (Å²) in [5.41, 5.74) is 0.473. The lowest BCUT2D eigenvalue weighted by Crippen LogP contribution is -2.26. The van der Waals surface area contributed by atoms with Gasteiger partial charge >= 0.3 is 0 Å². The first-order valence-electron chi connectivity index (χ1n) is 8.26. The molecular formula is C20H20N2O3S. The van der Waals surface area contributed by atoms with Gasteiger partial charge in [0.25, 0.3) is 5.91 Å². The van der Waals surface area contributed by atoms with Crippen molar-refractivity contribution in [1.82, 2.24) is 9.29 Å². The molecule has 0 saturated carbocycles. The summed E-state index contributed by atoms with van der Waals surface area (Å²) in [6.07, 6.45) is 12.8. The van der Waals surface area contributed by atoms with Gasteiger partial charge < -0.3 is 9.67 Å². The summed E-state index contributed by atoms with van der Waals surface area (Å²) in [5, 5.41) is 9.96. The first-order chi connectivity index (χ1) is 12.6. The first-order valence-corrected chi connectivity index (χ1v) is 9.49. The number of aromatic nitrogens is 1. The fourth-order valence-corrected chi connectivity index (χ4v) is 3.43. The fraction of sp³-hybridized carbons (Fsp3) is 0.200. The maximum absolute atomic E-state index is 12.1. The molecule has 0 radical (unpaired) electrons. The maximum atomic E-state index is 12.1. The van der Waals surface area contributed by atoms with E-state index in [4.69, 9.17) is 0 Å². The Morgan fingerprint density at radius 3 is 2.65 bits per heavy atom. The molecule has 134 valence electrons. The Kier molecular flexibility index (Phi) is 5.63. The van der Waals surface area contributed by atoms with Gasteiger partial charge in [0.1, 0.15) is 5.56 Å². The van der Waals surface area contributed by atoms with Gasteiger partial charge in [-0.25, -0.2) is 0 Å². The van der Waals surface area contributed by atoms with E-state index in [-0.39, 0.29) is 17.4 Å². The molecule has 0 fully saturated rings. The molecule has 1 heterocycles. The Labute approximate surface area is 156 Å². The number of carbonyl (C=O) groups excluding carboxylic acids is 1. The molecule has 2 unspecified atom stereocenters. The van der Waals surface area contributed by atoms with Gasteiger partial charge in [-0.15, -0.1) is 0 Å². The van der Waals surface area contributed by atoms with Crippen molar-refractivity contribution in [2.24, 2.45) is 5.92 Å². The largest absolute Gasteiger partial charge is 0.503 e. The number of nitrogens with one attached hydrogen (secondary N) is 1. The van der Waals surface area contributed by atoms with Gasteiger partial charge in [0.2, 0.25) is 5.43 Å². The lowest BCUT2D eigenvalue weighted by molar-refractivity contribution is 0.0982. The number of amides is 1. The van der Waals surface area contributed by atoms with Crippen molar-refractivity contribution in [3.8, 4) is 5.75 Å². The maximum Gasteiger partial charge on any atom is 0.266 e. The lowest BCUT2D eigenvalue weighted by Gasteiger charge is -2.26. The minimum absolute atomic E-state index is 0.0639. The molecule has 5 nitrogen and oxygen atoms in total. The van der Waals surface area contributed by atoms with Crippen LogP contribution in [0.3, 0.4) is 0 Å². The van der Waals surface area contributed by atoms with E-state index in [2.05, 4.69) is 29.0 Å². The zero-order chi connectivity index (χ0) is 18.5. The molecule has 0 aliphatic heterocycles. The van der Waals surface area contributed by atoms with E-state index in [0.29, 0.717) is 6.54 Å². The van der Waals surface area contributed by atoms with Crippen molar-refractivity contribution >= 4 is 17.9 Å². The minimum Gasteiger partial charge on any atom is -0.503 e. The number of pyridine rings is 1. The third-order valence-corrected chi connectivity index (χ3v) is 4.74. The van der Waals surface area contributed by atoms with Crippen LogP contribution in [0.5, 0.6) is 5.75 Å². The molecule has 6 heteroatoms. The van der Waals surface area contributed by atoms with E-state index in [9.17, 15) is 14.7 Å². The highest BCUT2D eigenvalue weighted by atomic mass is 32.2. The van der Waals surface area contributed by atoms with Gasteiger partial charge in [-0.2, -0.15) is 0 Å². The molecule has 0 saturated heterocycles. The fourth-order valence-electron chi connectivity index (χ4n) is 3.13. The predicted octanol–water partition coefficient (Wildman–Crippen LogP) is 3.09. The Bertz CT molecular complexity index is 903. The van der Waals surface area contributed by atoms with E-state index in [0.717, 1.165) is 11.9 Å². The van der Waals surface area contributed by atoms with Crippen LogP contribution in [-0.4, -0.2) is 21.8 Å². The number of nitrogens with zero attached hydrogens (tertiary/aromatic N) is 1. The standard InChI is InChI=1S/C20H20N2O3S/c1-26-21-20(25)17-12-22(13-18(23)19(17)24)11-15-9-5-6-10-16(15)14-7-3-2-4-8-14/h2-10,12-13,15-16,23H,11H2,1H3,(H,21,25). The molecule has 26 heavy (non-hydrogen) atoms. The molecule has 3 rings (SSSR count). The summed E-state index contributed by atoms with van der Waals surface area (Å²) < 4.78 is 4.23. The van der Waals surface area contributed by atoms with Crippen LogP contribution in [0.4, 0.5) is 0 Å². The third kappa shape index (κ3) is 3.91. The van der Waals surface area contributed by atoms with E-state index in [1.165, 1.54) is 18.0 Å². The molecule has 2 atom stereocenters. The number of hydrogen-bond donors (Lipinski definition) is 2. The van der Waals surface area contributed by atoms with Crippen LogP contribution >= 0.6 is 11.9 Å². The first kappa shape index (κ1) is 18.1. The molecule has 0 bridgehead atoms. The van der Waals surface area contributed by atoms with E-state index >= 15 is 0 Å². The molecule has 0 spiro atoms. The van der Waals surface area contributed by atoms with Crippen molar-refractivity contribution in [2.75, 3.05) is 6.26 Å². The smallest absolute Gasteiger partial charge is 0.266 e. The van der Waals surface area contributed by atoms with E-state index < -0.39 is 17.1 Å². The number of hydrogen-bond acceptors (Lipinski definition) is 4. The van der Waals surface area contributed by atoms with Gasteiger partial charge in [0.15, 0.2) is 5.75 Å². The van der Waals surface area contributed by atoms with Crippen LogP contribution in [0.25, 0.3) is 0 Å². The van der Waals surface area contributed by atoms with Crippen LogP contribution in [-0.2, 0) is 6.54 Å². The molecule has 1 amide bonds. The number of allylic oxidation sites excluding steroid dienone is 4. The molecule has 2 aromatic rings. The highest BCUT2D eigenvalue weighted by Crippen LogP contribution is 2.31. The second-order valence-electron chi connectivity index (χ2n) is 6.09. The van der Waals surface area contributed by atoms with Gasteiger partial charge in [-0.1, -0.05) is 66.6 Å². The van der Waals surface area contributed by atoms with Crippen LogP contribution < -0.4 is 10.2 Å². The zero-order valence-corrected chi connectivity index (χ0v) is 15.1. The van der Waals surface area contributed by atoms with Crippen LogP contribution in [0, 0.1) is 5.92 Å². The quantitative estimate of drug-likeness (QED) is 0.796. The Morgan fingerprint density at radius 2 is 1.92 bits per heavy atom. The van der Waals surface area contributed by atoms with Crippen LogP contribution in [0.15, 0.2) is 71.8 Å². The SMILES string of the molecule is CSNC(=O)c1cn(CC2C=CC=CC2c2ccccc2)cc(O)c1=O. The van der Waals surface area contributed by atoms with E-state index in [1.807, 2.05) is 30.4 Å². The molecular weight excluding hydrogens is 348 g/mol. The van der Waals surface area contributed by atoms with Gasteiger partial charge in [0, 0.05) is 37.0 Å². The van der Waals surface area contributed by atoms with Crippen LogP contribution in [0.2, 0.25) is 0 Å². The van der Waals surface area contributed by atoms with Gasteiger partial charge in [-0.05, 0) is 5.56 Å². The summed E-state index contributed by atoms with van der Waals surface area (Å²) in [6, 6.07) is 10.2. The Balaban J connectivity index is 1.90. The van der Waals surface area contributed by atoms with Crippen molar-refractivity contribution in [3.05, 3.63) is 88.4 Å². The normalized spacial score (nSPS) is 18.7. The molecule has 1 aromatic carbocycles. The summed E-state index contributed by atoms with van der Waals surface area (Å²) in [4.78, 5) is 24.1. The molecule has 1 aliphatic rings. The van der Waals surface area contributed by atoms with Crippen molar-refractivity contribution in [1.29, 1.82) is 0 Å². The monoisotopic (exact) mass is 368 g/mol. The van der Waals surface area contributed by atoms with Crippen LogP contribution in [0.1, 0.15) is 21.8 Å². The highest BCUT2D eigenvalue weighted by molar-refractivity contribution is 7.97. The highest BCUT2D eigenvalue weighted by Gasteiger charge is 2.22.